The molecule has 27 heavy (non-hydrogen) atoms. The molecule has 1 aromatic carbocycles. The van der Waals surface area contributed by atoms with Crippen LogP contribution in [0.5, 0.6) is 0 Å². The molecule has 0 radical (unpaired) electrons. The molecule has 0 saturated carbocycles. The van der Waals surface area contributed by atoms with Crippen molar-refractivity contribution in [1.29, 1.82) is 4.78 Å². The molecule has 2 aromatic heterocycles. The molecule has 0 aliphatic heterocycles. The molecule has 0 aliphatic carbocycles. The minimum atomic E-state index is -5.24. The summed E-state index contributed by atoms with van der Waals surface area (Å²) in [5, 5.41) is 0. The molecule has 0 saturated heterocycles. The van der Waals surface area contributed by atoms with E-state index in [9.17, 15) is 25.8 Å². The molecule has 3 aromatic rings. The van der Waals surface area contributed by atoms with Gasteiger partial charge in [-0.3, -0.25) is 0 Å². The predicted octanol–water partition coefficient (Wildman–Crippen LogP) is 3.61. The van der Waals surface area contributed by atoms with Crippen molar-refractivity contribution in [2.45, 2.75) is 22.2 Å². The normalized spacial score (nSPS) is 15.0. The van der Waals surface area contributed by atoms with Crippen molar-refractivity contribution < 1.29 is 30.2 Å². The number of fused-ring (bicyclic) bond motifs is 1. The summed E-state index contributed by atoms with van der Waals surface area (Å²) in [5.74, 6) is -0.402. The zero-order valence-corrected chi connectivity index (χ0v) is 15.3. The van der Waals surface area contributed by atoms with E-state index in [1.807, 2.05) is 0 Å². The third kappa shape index (κ3) is 3.30. The summed E-state index contributed by atoms with van der Waals surface area (Å²) in [4.78, 5) is 7.04. The summed E-state index contributed by atoms with van der Waals surface area (Å²) < 4.78 is 87.2. The lowest BCUT2D eigenvalue weighted by Gasteiger charge is -2.10. The van der Waals surface area contributed by atoms with Gasteiger partial charge in [-0.2, -0.15) is 13.2 Å². The van der Waals surface area contributed by atoms with Crippen LogP contribution in [0.3, 0.4) is 0 Å². The molecular formula is C15H12F3N3O4S2. The average molecular weight is 419 g/mol. The second-order valence-corrected chi connectivity index (χ2v) is 9.70. The van der Waals surface area contributed by atoms with Gasteiger partial charge in [0.25, 0.3) is 0 Å². The standard InChI is InChI=1S/C15H12F3N3O4S2/c1-2-26(22,23)12-4-3-7-20-13(12)14-21-10-8-9(5-6-11(10)25-14)27(19,24)15(16,17)18/h3-8,19H,2H2,1H3. The second kappa shape index (κ2) is 6.30. The Balaban J connectivity index is 2.18. The topological polar surface area (TPSA) is 114 Å². The Kier molecular flexibility index (Phi) is 4.50. The number of nitrogens with one attached hydrogen (secondary N) is 1. The highest BCUT2D eigenvalue weighted by atomic mass is 32.2. The summed E-state index contributed by atoms with van der Waals surface area (Å²) in [6, 6.07) is 5.54. The van der Waals surface area contributed by atoms with Crippen LogP contribution in [0, 0.1) is 4.78 Å². The van der Waals surface area contributed by atoms with Gasteiger partial charge in [-0.1, -0.05) is 6.92 Å². The van der Waals surface area contributed by atoms with E-state index < -0.39 is 30.0 Å². The van der Waals surface area contributed by atoms with Gasteiger partial charge in [-0.15, -0.1) is 0 Å². The van der Waals surface area contributed by atoms with Crippen LogP contribution in [0.15, 0.2) is 50.7 Å². The maximum atomic E-state index is 12.8. The van der Waals surface area contributed by atoms with Gasteiger partial charge in [-0.05, 0) is 30.3 Å². The fourth-order valence-electron chi connectivity index (χ4n) is 2.28. The Morgan fingerprint density at radius 2 is 1.89 bits per heavy atom. The molecular weight excluding hydrogens is 407 g/mol. The third-order valence-corrected chi connectivity index (χ3v) is 7.03. The van der Waals surface area contributed by atoms with Crippen LogP contribution >= 0.6 is 0 Å². The zero-order valence-electron chi connectivity index (χ0n) is 13.6. The van der Waals surface area contributed by atoms with E-state index in [0.717, 1.165) is 18.2 Å². The van der Waals surface area contributed by atoms with Gasteiger partial charge in [0.2, 0.25) is 5.89 Å². The molecule has 3 rings (SSSR count). The lowest BCUT2D eigenvalue weighted by atomic mass is 10.3. The molecule has 0 spiro atoms. The first-order valence-corrected chi connectivity index (χ1v) is 10.6. The van der Waals surface area contributed by atoms with E-state index in [1.54, 1.807) is 0 Å². The largest absolute Gasteiger partial charge is 0.483 e. The third-order valence-electron chi connectivity index (χ3n) is 3.71. The van der Waals surface area contributed by atoms with Gasteiger partial charge in [0, 0.05) is 6.20 Å². The summed E-state index contributed by atoms with van der Waals surface area (Å²) in [5.41, 5.74) is -5.38. The Morgan fingerprint density at radius 1 is 1.19 bits per heavy atom. The van der Waals surface area contributed by atoms with Crippen molar-refractivity contribution in [2.75, 3.05) is 5.75 Å². The van der Waals surface area contributed by atoms with Crippen LogP contribution in [0.4, 0.5) is 13.2 Å². The number of nitrogens with zero attached hydrogens (tertiary/aromatic N) is 2. The van der Waals surface area contributed by atoms with Gasteiger partial charge >= 0.3 is 5.51 Å². The number of alkyl halides is 3. The van der Waals surface area contributed by atoms with E-state index in [2.05, 4.69) is 9.97 Å². The molecule has 1 N–H and O–H groups in total. The van der Waals surface area contributed by atoms with Crippen molar-refractivity contribution in [1.82, 2.24) is 9.97 Å². The highest BCUT2D eigenvalue weighted by molar-refractivity contribution is 7.93. The Hall–Kier alpha value is -2.47. The molecule has 0 fully saturated rings. The van der Waals surface area contributed by atoms with Crippen LogP contribution in [-0.4, -0.2) is 33.9 Å². The number of hydrogen-bond donors (Lipinski definition) is 1. The number of benzene rings is 1. The van der Waals surface area contributed by atoms with E-state index in [0.29, 0.717) is 0 Å². The molecule has 1 unspecified atom stereocenters. The van der Waals surface area contributed by atoms with E-state index >= 15 is 0 Å². The van der Waals surface area contributed by atoms with Crippen molar-refractivity contribution in [3.05, 3.63) is 36.5 Å². The predicted molar refractivity (Wildman–Crippen MR) is 90.1 cm³/mol. The number of rotatable bonds is 4. The second-order valence-electron chi connectivity index (χ2n) is 5.40. The molecule has 0 amide bonds. The lowest BCUT2D eigenvalue weighted by molar-refractivity contribution is -0.0406. The molecule has 12 heteroatoms. The highest BCUT2D eigenvalue weighted by Gasteiger charge is 2.43. The lowest BCUT2D eigenvalue weighted by Crippen LogP contribution is -2.21. The van der Waals surface area contributed by atoms with Gasteiger partial charge < -0.3 is 4.42 Å². The average Bonchev–Trinajstić information content (AvgIpc) is 3.04. The van der Waals surface area contributed by atoms with Crippen LogP contribution in [0.25, 0.3) is 22.7 Å². The Morgan fingerprint density at radius 3 is 2.52 bits per heavy atom. The minimum Gasteiger partial charge on any atom is -0.435 e. The van der Waals surface area contributed by atoms with Crippen molar-refractivity contribution in [2.24, 2.45) is 0 Å². The first-order chi connectivity index (χ1) is 12.5. The molecule has 0 aliphatic rings. The number of sulfone groups is 1. The van der Waals surface area contributed by atoms with E-state index in [1.165, 1.54) is 25.3 Å². The maximum Gasteiger partial charge on any atom is 0.483 e. The smallest absolute Gasteiger partial charge is 0.435 e. The molecule has 7 nitrogen and oxygen atoms in total. The van der Waals surface area contributed by atoms with E-state index in [-0.39, 0.29) is 33.3 Å². The number of halogens is 3. The summed E-state index contributed by atoms with van der Waals surface area (Å²) in [7, 11) is -8.70. The van der Waals surface area contributed by atoms with Crippen molar-refractivity contribution in [3.63, 3.8) is 0 Å². The zero-order chi connectivity index (χ0) is 20.0. The van der Waals surface area contributed by atoms with Crippen LogP contribution in [-0.2, 0) is 19.6 Å². The fourth-order valence-corrected chi connectivity index (χ4v) is 4.11. The van der Waals surface area contributed by atoms with Crippen LogP contribution in [0.1, 0.15) is 6.92 Å². The van der Waals surface area contributed by atoms with Gasteiger partial charge in [-0.25, -0.2) is 27.4 Å². The Labute approximate surface area is 152 Å². The molecule has 144 valence electrons. The molecule has 2 heterocycles. The highest BCUT2D eigenvalue weighted by Crippen LogP contribution is 2.34. The van der Waals surface area contributed by atoms with Crippen LogP contribution < -0.4 is 0 Å². The van der Waals surface area contributed by atoms with Crippen molar-refractivity contribution in [3.8, 4) is 11.6 Å². The SMILES string of the molecule is CCS(=O)(=O)c1cccnc1-c1nc2cc(S(=N)(=O)C(F)(F)F)ccc2o1. The number of pyridine rings is 1. The minimum absolute atomic E-state index is 0.0385. The summed E-state index contributed by atoms with van der Waals surface area (Å²) in [6.07, 6.45) is 1.32. The first-order valence-electron chi connectivity index (χ1n) is 7.41. The van der Waals surface area contributed by atoms with Gasteiger partial charge in [0.15, 0.2) is 25.1 Å². The van der Waals surface area contributed by atoms with E-state index in [4.69, 9.17) is 9.20 Å². The van der Waals surface area contributed by atoms with Crippen molar-refractivity contribution >= 4 is 30.7 Å². The number of hydrogen-bond acceptors (Lipinski definition) is 7. The first kappa shape index (κ1) is 19.3. The van der Waals surface area contributed by atoms with Crippen LogP contribution in [0.2, 0.25) is 0 Å². The maximum absolute atomic E-state index is 12.8. The van der Waals surface area contributed by atoms with Gasteiger partial charge in [0.05, 0.1) is 15.5 Å². The fraction of sp³-hybridized carbons (Fsp3) is 0.200. The number of oxazole rings is 1. The summed E-state index contributed by atoms with van der Waals surface area (Å²) >= 11 is 0. The quantitative estimate of drug-likeness (QED) is 0.691. The molecule has 1 atom stereocenters. The number of aromatic nitrogens is 2. The molecule has 0 bridgehead atoms. The Bertz CT molecular complexity index is 1230. The van der Waals surface area contributed by atoms with Gasteiger partial charge in [0.1, 0.15) is 11.2 Å². The monoisotopic (exact) mass is 419 g/mol. The summed E-state index contributed by atoms with van der Waals surface area (Å²) in [6.45, 7) is 1.45.